The average molecular weight is 355 g/mol. The second-order valence-electron chi connectivity index (χ2n) is 6.51. The molecule has 2 rings (SSSR count). The summed E-state index contributed by atoms with van der Waals surface area (Å²) in [6.45, 7) is 6.71. The largest absolute Gasteiger partial charge is 0.491 e. The number of rotatable bonds is 10. The minimum Gasteiger partial charge on any atom is -0.491 e. The Morgan fingerprint density at radius 1 is 1.04 bits per heavy atom. The van der Waals surface area contributed by atoms with Crippen molar-refractivity contribution in [3.63, 3.8) is 0 Å². The van der Waals surface area contributed by atoms with Gasteiger partial charge in [0.25, 0.3) is 0 Å². The number of esters is 1. The van der Waals surface area contributed by atoms with Crippen LogP contribution in [0.2, 0.25) is 0 Å². The molecule has 0 bridgehead atoms. The molecule has 4 nitrogen and oxygen atoms in total. The molecular weight excluding hydrogens is 326 g/mol. The van der Waals surface area contributed by atoms with Gasteiger partial charge in [-0.2, -0.15) is 0 Å². The van der Waals surface area contributed by atoms with E-state index in [9.17, 15) is 4.79 Å². The Morgan fingerprint density at radius 2 is 1.81 bits per heavy atom. The number of carbonyl (C=O) groups is 1. The Labute approximate surface area is 156 Å². The SMILES string of the molecule is CCCCCCOc1cnccc1-c1ccccc1OC(=O)C(C)CC. The first-order valence-electron chi connectivity index (χ1n) is 9.55. The van der Waals surface area contributed by atoms with Crippen molar-refractivity contribution in [1.82, 2.24) is 4.98 Å². The van der Waals surface area contributed by atoms with Gasteiger partial charge in [-0.1, -0.05) is 58.2 Å². The van der Waals surface area contributed by atoms with Gasteiger partial charge in [0, 0.05) is 17.3 Å². The van der Waals surface area contributed by atoms with Crippen molar-refractivity contribution in [3.8, 4) is 22.6 Å². The molecule has 0 saturated carbocycles. The van der Waals surface area contributed by atoms with Crippen LogP contribution in [0.25, 0.3) is 11.1 Å². The Balaban J connectivity index is 2.19. The maximum Gasteiger partial charge on any atom is 0.314 e. The highest BCUT2D eigenvalue weighted by atomic mass is 16.5. The van der Waals surface area contributed by atoms with Gasteiger partial charge in [-0.05, 0) is 25.0 Å². The number of unbranched alkanes of at least 4 members (excludes halogenated alkanes) is 3. The number of nitrogens with zero attached hydrogens (tertiary/aromatic N) is 1. The van der Waals surface area contributed by atoms with E-state index in [-0.39, 0.29) is 11.9 Å². The zero-order chi connectivity index (χ0) is 18.8. The van der Waals surface area contributed by atoms with Gasteiger partial charge in [0.15, 0.2) is 0 Å². The zero-order valence-electron chi connectivity index (χ0n) is 16.0. The lowest BCUT2D eigenvalue weighted by atomic mass is 10.0. The highest BCUT2D eigenvalue weighted by Gasteiger charge is 2.17. The minimum atomic E-state index is -0.212. The smallest absolute Gasteiger partial charge is 0.314 e. The number of ether oxygens (including phenoxy) is 2. The van der Waals surface area contributed by atoms with Crippen molar-refractivity contribution in [2.45, 2.75) is 52.9 Å². The van der Waals surface area contributed by atoms with Crippen molar-refractivity contribution in [3.05, 3.63) is 42.7 Å². The number of hydrogen-bond acceptors (Lipinski definition) is 4. The molecule has 1 aromatic heterocycles. The lowest BCUT2D eigenvalue weighted by molar-refractivity contribution is -0.138. The van der Waals surface area contributed by atoms with Gasteiger partial charge in [-0.15, -0.1) is 0 Å². The van der Waals surface area contributed by atoms with Crippen LogP contribution >= 0.6 is 0 Å². The normalized spacial score (nSPS) is 11.8. The van der Waals surface area contributed by atoms with E-state index in [0.29, 0.717) is 12.4 Å². The van der Waals surface area contributed by atoms with E-state index in [2.05, 4.69) is 11.9 Å². The van der Waals surface area contributed by atoms with E-state index in [4.69, 9.17) is 9.47 Å². The maximum atomic E-state index is 12.2. The fourth-order valence-electron chi connectivity index (χ4n) is 2.58. The van der Waals surface area contributed by atoms with Crippen molar-refractivity contribution in [2.75, 3.05) is 6.61 Å². The summed E-state index contributed by atoms with van der Waals surface area (Å²) in [6, 6.07) is 9.47. The predicted molar refractivity (Wildman–Crippen MR) is 104 cm³/mol. The van der Waals surface area contributed by atoms with Crippen LogP contribution in [0.15, 0.2) is 42.7 Å². The summed E-state index contributed by atoms with van der Waals surface area (Å²) in [7, 11) is 0. The quantitative estimate of drug-likeness (QED) is 0.313. The van der Waals surface area contributed by atoms with Crippen LogP contribution in [0.4, 0.5) is 0 Å². The first-order chi connectivity index (χ1) is 12.7. The number of aromatic nitrogens is 1. The highest BCUT2D eigenvalue weighted by molar-refractivity contribution is 5.81. The minimum absolute atomic E-state index is 0.130. The van der Waals surface area contributed by atoms with E-state index < -0.39 is 0 Å². The Hall–Kier alpha value is -2.36. The molecule has 1 aromatic carbocycles. The number of para-hydroxylation sites is 1. The summed E-state index contributed by atoms with van der Waals surface area (Å²) >= 11 is 0. The van der Waals surface area contributed by atoms with Gasteiger partial charge < -0.3 is 9.47 Å². The van der Waals surface area contributed by atoms with E-state index in [1.54, 1.807) is 12.4 Å². The molecule has 0 amide bonds. The fraction of sp³-hybridized carbons (Fsp3) is 0.455. The second kappa shape index (κ2) is 10.6. The van der Waals surface area contributed by atoms with Gasteiger partial charge >= 0.3 is 5.97 Å². The molecule has 4 heteroatoms. The molecule has 0 saturated heterocycles. The standard InChI is InChI=1S/C22H29NO3/c1-4-6-7-10-15-25-21-16-23-14-13-19(21)18-11-8-9-12-20(18)26-22(24)17(3)5-2/h8-9,11-14,16-17H,4-7,10,15H2,1-3H3. The first kappa shape index (κ1) is 20.0. The van der Waals surface area contributed by atoms with Crippen molar-refractivity contribution in [2.24, 2.45) is 5.92 Å². The lowest BCUT2D eigenvalue weighted by Gasteiger charge is -2.15. The van der Waals surface area contributed by atoms with Gasteiger partial charge in [0.05, 0.1) is 18.7 Å². The number of benzene rings is 1. The molecule has 0 aliphatic carbocycles. The Morgan fingerprint density at radius 3 is 2.58 bits per heavy atom. The Bertz CT molecular complexity index is 699. The molecule has 1 heterocycles. The van der Waals surface area contributed by atoms with E-state index in [1.807, 2.05) is 44.2 Å². The summed E-state index contributed by atoms with van der Waals surface area (Å²) in [5, 5.41) is 0. The van der Waals surface area contributed by atoms with Gasteiger partial charge in [0.2, 0.25) is 0 Å². The molecule has 0 radical (unpaired) electrons. The molecule has 0 N–H and O–H groups in total. The van der Waals surface area contributed by atoms with Crippen molar-refractivity contribution < 1.29 is 14.3 Å². The van der Waals surface area contributed by atoms with Gasteiger partial charge in [0.1, 0.15) is 11.5 Å². The second-order valence-corrected chi connectivity index (χ2v) is 6.51. The monoisotopic (exact) mass is 355 g/mol. The molecule has 1 unspecified atom stereocenters. The van der Waals surface area contributed by atoms with Crippen LogP contribution in [-0.4, -0.2) is 17.6 Å². The molecule has 0 aliphatic heterocycles. The maximum absolute atomic E-state index is 12.2. The number of hydrogen-bond donors (Lipinski definition) is 0. The molecule has 0 spiro atoms. The fourth-order valence-corrected chi connectivity index (χ4v) is 2.58. The van der Waals surface area contributed by atoms with Crippen LogP contribution in [0.1, 0.15) is 52.9 Å². The van der Waals surface area contributed by atoms with Crippen molar-refractivity contribution in [1.29, 1.82) is 0 Å². The van der Waals surface area contributed by atoms with E-state index in [1.165, 1.54) is 12.8 Å². The molecule has 26 heavy (non-hydrogen) atoms. The van der Waals surface area contributed by atoms with Crippen LogP contribution in [0.3, 0.4) is 0 Å². The lowest BCUT2D eigenvalue weighted by Crippen LogP contribution is -2.17. The summed E-state index contributed by atoms with van der Waals surface area (Å²) < 4.78 is 11.6. The molecule has 0 aliphatic rings. The molecule has 2 aromatic rings. The van der Waals surface area contributed by atoms with E-state index >= 15 is 0 Å². The third-order valence-corrected chi connectivity index (χ3v) is 4.44. The molecular formula is C22H29NO3. The van der Waals surface area contributed by atoms with Crippen LogP contribution in [-0.2, 0) is 4.79 Å². The summed E-state index contributed by atoms with van der Waals surface area (Å²) in [5.41, 5.74) is 1.73. The van der Waals surface area contributed by atoms with Crippen LogP contribution < -0.4 is 9.47 Å². The topological polar surface area (TPSA) is 48.4 Å². The predicted octanol–water partition coefficient (Wildman–Crippen LogP) is 5.66. The molecule has 1 atom stereocenters. The Kier molecular flexibility index (Phi) is 8.13. The van der Waals surface area contributed by atoms with Crippen LogP contribution in [0, 0.1) is 5.92 Å². The summed E-state index contributed by atoms with van der Waals surface area (Å²) in [6.07, 6.45) is 8.81. The van der Waals surface area contributed by atoms with Crippen molar-refractivity contribution >= 4 is 5.97 Å². The third-order valence-electron chi connectivity index (χ3n) is 4.44. The van der Waals surface area contributed by atoms with Gasteiger partial charge in [-0.3, -0.25) is 9.78 Å². The number of carbonyl (C=O) groups excluding carboxylic acids is 1. The summed E-state index contributed by atoms with van der Waals surface area (Å²) in [5.74, 6) is 0.932. The van der Waals surface area contributed by atoms with Gasteiger partial charge in [-0.25, -0.2) is 0 Å². The summed E-state index contributed by atoms with van der Waals surface area (Å²) in [4.78, 5) is 16.4. The molecule has 0 fully saturated rings. The van der Waals surface area contributed by atoms with Crippen LogP contribution in [0.5, 0.6) is 11.5 Å². The van der Waals surface area contributed by atoms with E-state index in [0.717, 1.165) is 36.1 Å². The highest BCUT2D eigenvalue weighted by Crippen LogP contribution is 2.36. The average Bonchev–Trinajstić information content (AvgIpc) is 2.68. The number of pyridine rings is 1. The third kappa shape index (κ3) is 5.58. The molecule has 140 valence electrons. The first-order valence-corrected chi connectivity index (χ1v) is 9.55. The zero-order valence-corrected chi connectivity index (χ0v) is 16.0.